The zero-order valence-electron chi connectivity index (χ0n) is 10.9. The van der Waals surface area contributed by atoms with Crippen molar-refractivity contribution in [2.75, 3.05) is 18.5 Å². The summed E-state index contributed by atoms with van der Waals surface area (Å²) in [5.41, 5.74) is 0.659. The van der Waals surface area contributed by atoms with Gasteiger partial charge < -0.3 is 10.1 Å². The fourth-order valence-electron chi connectivity index (χ4n) is 1.65. The second-order valence-corrected chi connectivity index (χ2v) is 5.00. The topological polar surface area (TPSA) is 64.4 Å². The maximum absolute atomic E-state index is 13.1. The van der Waals surface area contributed by atoms with Crippen LogP contribution in [0.3, 0.4) is 0 Å². The van der Waals surface area contributed by atoms with Crippen LogP contribution in [0.25, 0.3) is 0 Å². The van der Waals surface area contributed by atoms with Gasteiger partial charge in [-0.2, -0.15) is 0 Å². The molecule has 0 aliphatic heterocycles. The van der Waals surface area contributed by atoms with E-state index in [9.17, 15) is 14.5 Å². The zero-order valence-corrected chi connectivity index (χ0v) is 12.5. The summed E-state index contributed by atoms with van der Waals surface area (Å²) in [6, 6.07) is 10.2. The van der Waals surface area contributed by atoms with E-state index in [0.29, 0.717) is 24.6 Å². The smallest absolute Gasteiger partial charge is 0.269 e. The number of benzene rings is 2. The molecule has 0 fully saturated rings. The number of ether oxygens (including phenoxy) is 1. The van der Waals surface area contributed by atoms with Crippen molar-refractivity contribution in [1.82, 2.24) is 0 Å². The minimum Gasteiger partial charge on any atom is -0.492 e. The van der Waals surface area contributed by atoms with Crippen molar-refractivity contribution in [2.24, 2.45) is 0 Å². The number of non-ortho nitro benzene ring substituents is 1. The standard InChI is InChI=1S/C14H12BrFN2O3/c15-13-6-1-10(16)9-14(13)17-7-8-21-12-4-2-11(3-5-12)18(19)20/h1-6,9,17H,7-8H2. The Morgan fingerprint density at radius 2 is 1.95 bits per heavy atom. The summed E-state index contributed by atoms with van der Waals surface area (Å²) >= 11 is 3.32. The van der Waals surface area contributed by atoms with Gasteiger partial charge in [0.2, 0.25) is 0 Å². The summed E-state index contributed by atoms with van der Waals surface area (Å²) in [6.45, 7) is 0.819. The van der Waals surface area contributed by atoms with Gasteiger partial charge in [0.05, 0.1) is 10.6 Å². The average Bonchev–Trinajstić information content (AvgIpc) is 2.47. The van der Waals surface area contributed by atoms with Crippen LogP contribution in [-0.2, 0) is 0 Å². The highest BCUT2D eigenvalue weighted by Gasteiger charge is 2.04. The monoisotopic (exact) mass is 354 g/mol. The number of halogens is 2. The number of hydrogen-bond donors (Lipinski definition) is 1. The fourth-order valence-corrected chi connectivity index (χ4v) is 2.04. The maximum Gasteiger partial charge on any atom is 0.269 e. The lowest BCUT2D eigenvalue weighted by Crippen LogP contribution is -2.11. The van der Waals surface area contributed by atoms with Crippen LogP contribution in [-0.4, -0.2) is 18.1 Å². The molecule has 5 nitrogen and oxygen atoms in total. The predicted molar refractivity (Wildman–Crippen MR) is 81.2 cm³/mol. The normalized spacial score (nSPS) is 10.2. The van der Waals surface area contributed by atoms with Crippen molar-refractivity contribution in [3.63, 3.8) is 0 Å². The van der Waals surface area contributed by atoms with Crippen LogP contribution in [0.4, 0.5) is 15.8 Å². The third-order valence-corrected chi connectivity index (χ3v) is 3.35. The van der Waals surface area contributed by atoms with Gasteiger partial charge in [-0.05, 0) is 46.3 Å². The first-order chi connectivity index (χ1) is 10.1. The Labute approximate surface area is 129 Å². The first kappa shape index (κ1) is 15.2. The first-order valence-electron chi connectivity index (χ1n) is 6.12. The van der Waals surface area contributed by atoms with E-state index in [4.69, 9.17) is 4.74 Å². The van der Waals surface area contributed by atoms with E-state index in [1.807, 2.05) is 0 Å². The lowest BCUT2D eigenvalue weighted by atomic mass is 10.3. The van der Waals surface area contributed by atoms with Crippen LogP contribution in [0.2, 0.25) is 0 Å². The van der Waals surface area contributed by atoms with Gasteiger partial charge in [0, 0.05) is 23.2 Å². The molecular weight excluding hydrogens is 343 g/mol. The number of nitrogens with zero attached hydrogens (tertiary/aromatic N) is 1. The van der Waals surface area contributed by atoms with Crippen LogP contribution < -0.4 is 10.1 Å². The highest BCUT2D eigenvalue weighted by atomic mass is 79.9. The van der Waals surface area contributed by atoms with Crippen molar-refractivity contribution in [3.05, 3.63) is 62.9 Å². The van der Waals surface area contributed by atoms with Crippen molar-refractivity contribution < 1.29 is 14.1 Å². The molecule has 110 valence electrons. The number of anilines is 1. The van der Waals surface area contributed by atoms with Crippen LogP contribution in [0, 0.1) is 15.9 Å². The highest BCUT2D eigenvalue weighted by Crippen LogP contribution is 2.23. The quantitative estimate of drug-likeness (QED) is 0.484. The first-order valence-corrected chi connectivity index (χ1v) is 6.92. The Hall–Kier alpha value is -2.15. The third kappa shape index (κ3) is 4.42. The molecule has 0 radical (unpaired) electrons. The Morgan fingerprint density at radius 1 is 1.24 bits per heavy atom. The summed E-state index contributed by atoms with van der Waals surface area (Å²) in [7, 11) is 0. The van der Waals surface area contributed by atoms with Gasteiger partial charge in [0.25, 0.3) is 5.69 Å². The summed E-state index contributed by atoms with van der Waals surface area (Å²) in [5, 5.41) is 13.5. The average molecular weight is 355 g/mol. The summed E-state index contributed by atoms with van der Waals surface area (Å²) in [5.74, 6) is 0.220. The number of rotatable bonds is 6. The molecule has 0 aliphatic carbocycles. The van der Waals surface area contributed by atoms with E-state index in [0.717, 1.165) is 4.47 Å². The van der Waals surface area contributed by atoms with Crippen LogP contribution in [0.15, 0.2) is 46.9 Å². The van der Waals surface area contributed by atoms with Gasteiger partial charge in [-0.1, -0.05) is 0 Å². The van der Waals surface area contributed by atoms with Gasteiger partial charge in [-0.3, -0.25) is 10.1 Å². The van der Waals surface area contributed by atoms with E-state index in [-0.39, 0.29) is 11.5 Å². The molecule has 0 saturated heterocycles. The summed E-state index contributed by atoms with van der Waals surface area (Å²) in [6.07, 6.45) is 0. The van der Waals surface area contributed by atoms with Crippen molar-refractivity contribution in [3.8, 4) is 5.75 Å². The maximum atomic E-state index is 13.1. The molecule has 2 aromatic rings. The molecular formula is C14H12BrFN2O3. The Bertz CT molecular complexity index is 635. The van der Waals surface area contributed by atoms with Gasteiger partial charge in [-0.25, -0.2) is 4.39 Å². The molecule has 2 rings (SSSR count). The van der Waals surface area contributed by atoms with E-state index in [2.05, 4.69) is 21.2 Å². The number of hydrogen-bond acceptors (Lipinski definition) is 4. The van der Waals surface area contributed by atoms with E-state index in [1.165, 1.54) is 36.4 Å². The van der Waals surface area contributed by atoms with Crippen molar-refractivity contribution in [2.45, 2.75) is 0 Å². The molecule has 1 N–H and O–H groups in total. The fraction of sp³-hybridized carbons (Fsp3) is 0.143. The van der Waals surface area contributed by atoms with E-state index < -0.39 is 4.92 Å². The molecule has 2 aromatic carbocycles. The minimum atomic E-state index is -0.465. The number of nitrogens with one attached hydrogen (secondary N) is 1. The Kier molecular flexibility index (Phi) is 5.10. The predicted octanol–water partition coefficient (Wildman–Crippen LogP) is 3.99. The molecule has 0 amide bonds. The minimum absolute atomic E-state index is 0.0177. The molecule has 7 heteroatoms. The second-order valence-electron chi connectivity index (χ2n) is 4.15. The molecule has 21 heavy (non-hydrogen) atoms. The van der Waals surface area contributed by atoms with E-state index >= 15 is 0 Å². The molecule has 0 heterocycles. The number of nitro benzene ring substituents is 1. The zero-order chi connectivity index (χ0) is 15.2. The molecule has 0 aliphatic rings. The lowest BCUT2D eigenvalue weighted by molar-refractivity contribution is -0.384. The second kappa shape index (κ2) is 7.03. The molecule has 0 atom stereocenters. The van der Waals surface area contributed by atoms with Gasteiger partial charge in [-0.15, -0.1) is 0 Å². The lowest BCUT2D eigenvalue weighted by Gasteiger charge is -2.10. The van der Waals surface area contributed by atoms with Crippen LogP contribution in [0.5, 0.6) is 5.75 Å². The summed E-state index contributed by atoms with van der Waals surface area (Å²) < 4.78 is 19.3. The highest BCUT2D eigenvalue weighted by molar-refractivity contribution is 9.10. The van der Waals surface area contributed by atoms with Gasteiger partial charge in [0.15, 0.2) is 0 Å². The van der Waals surface area contributed by atoms with Gasteiger partial charge >= 0.3 is 0 Å². The van der Waals surface area contributed by atoms with Crippen LogP contribution in [0.1, 0.15) is 0 Å². The molecule has 0 spiro atoms. The summed E-state index contributed by atoms with van der Waals surface area (Å²) in [4.78, 5) is 10.0. The Balaban J connectivity index is 1.81. The van der Waals surface area contributed by atoms with Crippen molar-refractivity contribution in [1.29, 1.82) is 0 Å². The van der Waals surface area contributed by atoms with Gasteiger partial charge in [0.1, 0.15) is 18.2 Å². The number of nitro groups is 1. The molecule has 0 unspecified atom stereocenters. The molecule has 0 saturated carbocycles. The largest absolute Gasteiger partial charge is 0.492 e. The van der Waals surface area contributed by atoms with E-state index in [1.54, 1.807) is 6.07 Å². The van der Waals surface area contributed by atoms with Crippen molar-refractivity contribution >= 4 is 27.3 Å². The van der Waals surface area contributed by atoms with Crippen LogP contribution >= 0.6 is 15.9 Å². The Morgan fingerprint density at radius 3 is 2.62 bits per heavy atom. The third-order valence-electron chi connectivity index (χ3n) is 2.66. The SMILES string of the molecule is O=[N+]([O-])c1ccc(OCCNc2cc(F)ccc2Br)cc1. The molecule has 0 bridgehead atoms. The molecule has 0 aromatic heterocycles.